The van der Waals surface area contributed by atoms with Gasteiger partial charge in [0.1, 0.15) is 0 Å². The van der Waals surface area contributed by atoms with Crippen LogP contribution in [0.1, 0.15) is 37.6 Å². The van der Waals surface area contributed by atoms with Gasteiger partial charge in [0, 0.05) is 20.4 Å². The quantitative estimate of drug-likeness (QED) is 0.740. The summed E-state index contributed by atoms with van der Waals surface area (Å²) in [6.45, 7) is 6.09. The van der Waals surface area contributed by atoms with Gasteiger partial charge in [0.15, 0.2) is 0 Å². The van der Waals surface area contributed by atoms with Crippen molar-refractivity contribution >= 4 is 0 Å². The molecule has 0 spiro atoms. The summed E-state index contributed by atoms with van der Waals surface area (Å²) in [5.41, 5.74) is 2.54. The smallest absolute Gasteiger partial charge is 0.0815 e. The van der Waals surface area contributed by atoms with Crippen LogP contribution in [0, 0.1) is 0 Å². The molecule has 2 rings (SSSR count). The van der Waals surface area contributed by atoms with Crippen molar-refractivity contribution in [2.45, 2.75) is 32.6 Å². The standard InChI is InChI=1S/C16H19NO.Re/c1-16(2,3)14-10-9-13(17-15(14)18)11-12-7-5-4-6-8-12;/h4-10H,11H2,1-3H3,(H,17,18);/p-1. The van der Waals surface area contributed by atoms with E-state index >= 15 is 0 Å². The molecule has 0 saturated heterocycles. The Kier molecular flexibility index (Phi) is 5.29. The number of nitrogens with zero attached hydrogens (tertiary/aromatic N) is 1. The second kappa shape index (κ2) is 6.32. The van der Waals surface area contributed by atoms with Crippen molar-refractivity contribution in [3.63, 3.8) is 0 Å². The zero-order valence-corrected chi connectivity index (χ0v) is 14.2. The van der Waals surface area contributed by atoms with Crippen LogP contribution in [-0.4, -0.2) is 0 Å². The Balaban J connectivity index is 0.00000180. The first-order valence-corrected chi connectivity index (χ1v) is 6.18. The molecule has 1 radical (unpaired) electrons. The SMILES string of the molecule is CC(C)(C)c1ccc(Cc2ccccc2)[n-]c1=O.[Re]. The second-order valence-electron chi connectivity index (χ2n) is 5.57. The predicted octanol–water partition coefficient (Wildman–Crippen LogP) is 2.89. The van der Waals surface area contributed by atoms with E-state index < -0.39 is 0 Å². The number of pyridine rings is 1. The summed E-state index contributed by atoms with van der Waals surface area (Å²) in [7, 11) is 0. The molecule has 1 heterocycles. The molecule has 0 saturated carbocycles. The van der Waals surface area contributed by atoms with Gasteiger partial charge in [-0.2, -0.15) is 5.69 Å². The predicted molar refractivity (Wildman–Crippen MR) is 74.0 cm³/mol. The average Bonchev–Trinajstić information content (AvgIpc) is 2.28. The number of benzene rings is 1. The topological polar surface area (TPSA) is 31.2 Å². The van der Waals surface area contributed by atoms with E-state index in [1.807, 2.05) is 63.2 Å². The van der Waals surface area contributed by atoms with Gasteiger partial charge in [-0.1, -0.05) is 63.2 Å². The van der Waals surface area contributed by atoms with Gasteiger partial charge in [-0.3, -0.25) is 0 Å². The number of hydrogen-bond donors (Lipinski definition) is 0. The first-order chi connectivity index (χ1) is 8.47. The van der Waals surface area contributed by atoms with E-state index in [4.69, 9.17) is 0 Å². The number of hydrogen-bond acceptors (Lipinski definition) is 1. The number of aromatic nitrogens is 1. The maximum absolute atomic E-state index is 12.0. The van der Waals surface area contributed by atoms with Gasteiger partial charge < -0.3 is 9.78 Å². The minimum absolute atomic E-state index is 0. The van der Waals surface area contributed by atoms with Crippen molar-refractivity contribution in [2.75, 3.05) is 0 Å². The second-order valence-corrected chi connectivity index (χ2v) is 5.57. The fraction of sp³-hybridized carbons (Fsp3) is 0.312. The molecule has 0 N–H and O–H groups in total. The molecule has 0 aliphatic heterocycles. The van der Waals surface area contributed by atoms with Crippen molar-refractivity contribution < 1.29 is 20.4 Å². The third-order valence-electron chi connectivity index (χ3n) is 2.95. The molecule has 1 aromatic heterocycles. The van der Waals surface area contributed by atoms with Crippen LogP contribution in [0.15, 0.2) is 47.3 Å². The van der Waals surface area contributed by atoms with Gasteiger partial charge in [0.05, 0.1) is 5.56 Å². The van der Waals surface area contributed by atoms with E-state index in [-0.39, 0.29) is 31.4 Å². The minimum atomic E-state index is -0.143. The Bertz CT molecular complexity index is 582. The molecule has 0 fully saturated rings. The number of rotatable bonds is 2. The van der Waals surface area contributed by atoms with Crippen LogP contribution in [-0.2, 0) is 32.3 Å². The molecule has 3 heteroatoms. The summed E-state index contributed by atoms with van der Waals surface area (Å²) < 4.78 is 0. The summed E-state index contributed by atoms with van der Waals surface area (Å²) in [4.78, 5) is 16.1. The summed E-state index contributed by atoms with van der Waals surface area (Å²) in [6.07, 6.45) is 0.709. The van der Waals surface area contributed by atoms with Crippen molar-refractivity contribution in [1.82, 2.24) is 4.98 Å². The molecule has 101 valence electrons. The van der Waals surface area contributed by atoms with E-state index in [0.29, 0.717) is 6.42 Å². The molecule has 2 nitrogen and oxygen atoms in total. The zero-order valence-electron chi connectivity index (χ0n) is 11.5. The van der Waals surface area contributed by atoms with Crippen LogP contribution >= 0.6 is 0 Å². The molecule has 1 aromatic carbocycles. The molecule has 2 aromatic rings. The molecule has 0 bridgehead atoms. The van der Waals surface area contributed by atoms with E-state index in [1.165, 1.54) is 5.56 Å². The van der Waals surface area contributed by atoms with E-state index in [0.717, 1.165) is 11.3 Å². The fourth-order valence-electron chi connectivity index (χ4n) is 1.95. The zero-order chi connectivity index (χ0) is 13.2. The first-order valence-electron chi connectivity index (χ1n) is 6.18. The van der Waals surface area contributed by atoms with E-state index in [2.05, 4.69) is 4.98 Å². The minimum Gasteiger partial charge on any atom is -0.626 e. The van der Waals surface area contributed by atoms with Crippen LogP contribution in [0.5, 0.6) is 0 Å². The first kappa shape index (κ1) is 15.9. The van der Waals surface area contributed by atoms with Crippen LogP contribution < -0.4 is 10.5 Å². The monoisotopic (exact) mass is 427 g/mol. The van der Waals surface area contributed by atoms with Gasteiger partial charge in [-0.15, -0.1) is 0 Å². The van der Waals surface area contributed by atoms with Crippen molar-refractivity contribution in [3.05, 3.63) is 69.6 Å². The average molecular weight is 427 g/mol. The van der Waals surface area contributed by atoms with Gasteiger partial charge in [-0.05, 0) is 23.0 Å². The van der Waals surface area contributed by atoms with Gasteiger partial charge >= 0.3 is 0 Å². The molecular formula is C16H18NORe-. The van der Waals surface area contributed by atoms with Gasteiger partial charge in [-0.25, -0.2) is 0 Å². The maximum Gasteiger partial charge on any atom is 0.0815 e. The van der Waals surface area contributed by atoms with E-state index in [1.54, 1.807) is 0 Å². The van der Waals surface area contributed by atoms with Crippen molar-refractivity contribution in [3.8, 4) is 0 Å². The van der Waals surface area contributed by atoms with Gasteiger partial charge in [0.25, 0.3) is 0 Å². The molecule has 0 unspecified atom stereocenters. The maximum atomic E-state index is 12.0. The Labute approximate surface area is 127 Å². The Morgan fingerprint density at radius 2 is 1.63 bits per heavy atom. The normalized spacial score (nSPS) is 10.9. The van der Waals surface area contributed by atoms with E-state index in [9.17, 15) is 4.79 Å². The largest absolute Gasteiger partial charge is 0.626 e. The van der Waals surface area contributed by atoms with Crippen LogP contribution in [0.4, 0.5) is 0 Å². The third-order valence-corrected chi connectivity index (χ3v) is 2.95. The molecule has 19 heavy (non-hydrogen) atoms. The van der Waals surface area contributed by atoms with Crippen molar-refractivity contribution in [2.24, 2.45) is 0 Å². The summed E-state index contributed by atoms with van der Waals surface area (Å²) in [6, 6.07) is 13.9. The molecule has 0 aliphatic carbocycles. The molecule has 0 aliphatic rings. The Morgan fingerprint density at radius 1 is 1.00 bits per heavy atom. The van der Waals surface area contributed by atoms with Gasteiger partial charge in [0.2, 0.25) is 0 Å². The van der Waals surface area contributed by atoms with Crippen LogP contribution in [0.2, 0.25) is 0 Å². The fourth-order valence-corrected chi connectivity index (χ4v) is 1.95. The summed E-state index contributed by atoms with van der Waals surface area (Å²) >= 11 is 0. The third kappa shape index (κ3) is 4.16. The molecular weight excluding hydrogens is 408 g/mol. The van der Waals surface area contributed by atoms with Crippen molar-refractivity contribution in [1.29, 1.82) is 0 Å². The Hall–Kier alpha value is -1.17. The Morgan fingerprint density at radius 3 is 2.16 bits per heavy atom. The summed E-state index contributed by atoms with van der Waals surface area (Å²) in [5, 5.41) is 0. The molecule has 0 atom stereocenters. The summed E-state index contributed by atoms with van der Waals surface area (Å²) in [5.74, 6) is 0. The van der Waals surface area contributed by atoms with Crippen LogP contribution in [0.3, 0.4) is 0 Å². The molecule has 0 amide bonds. The van der Waals surface area contributed by atoms with Crippen LogP contribution in [0.25, 0.3) is 0 Å².